The van der Waals surface area contributed by atoms with Crippen LogP contribution in [-0.2, 0) is 14.4 Å². The number of Topliss-reactive ketones (excluding diaryl/α,β-unsaturated/α-hetero) is 1. The second kappa shape index (κ2) is 2.06. The largest absolute Gasteiger partial charge is 0.480 e. The molecule has 5 nitrogen and oxygen atoms in total. The molecule has 2 aliphatic heterocycles. The van der Waals surface area contributed by atoms with Crippen molar-refractivity contribution < 1.29 is 19.5 Å². The van der Waals surface area contributed by atoms with Gasteiger partial charge in [-0.25, -0.2) is 4.79 Å². The molecule has 2 saturated heterocycles. The van der Waals surface area contributed by atoms with Crippen molar-refractivity contribution >= 4 is 17.7 Å². The molecule has 1 unspecified atom stereocenters. The Morgan fingerprint density at radius 3 is 2.50 bits per heavy atom. The summed E-state index contributed by atoms with van der Waals surface area (Å²) in [6.45, 7) is 0. The summed E-state index contributed by atoms with van der Waals surface area (Å²) in [5.41, 5.74) is 0. The Hall–Kier alpha value is -1.39. The minimum Gasteiger partial charge on any atom is -0.480 e. The van der Waals surface area contributed by atoms with Gasteiger partial charge in [-0.3, -0.25) is 9.59 Å². The number of β-lactam (4-membered cyclic amide) rings is 1. The lowest BCUT2D eigenvalue weighted by Crippen LogP contribution is -2.55. The van der Waals surface area contributed by atoms with E-state index in [9.17, 15) is 14.4 Å². The van der Waals surface area contributed by atoms with Crippen LogP contribution < -0.4 is 0 Å². The second-order valence-electron chi connectivity index (χ2n) is 3.05. The fraction of sp³-hybridized carbons (Fsp3) is 0.571. The van der Waals surface area contributed by atoms with E-state index in [4.69, 9.17) is 5.11 Å². The number of carboxylic acids is 1. The van der Waals surface area contributed by atoms with Crippen molar-refractivity contribution in [1.29, 1.82) is 0 Å². The summed E-state index contributed by atoms with van der Waals surface area (Å²) >= 11 is 0. The number of carbonyl (C=O) groups is 3. The first-order chi connectivity index (χ1) is 5.61. The Morgan fingerprint density at radius 2 is 2.08 bits per heavy atom. The van der Waals surface area contributed by atoms with Gasteiger partial charge in [-0.05, 0) is 0 Å². The molecule has 64 valence electrons. The van der Waals surface area contributed by atoms with E-state index in [1.165, 1.54) is 4.90 Å². The van der Waals surface area contributed by atoms with Crippen LogP contribution in [0.3, 0.4) is 0 Å². The number of carboxylic acid groups (broad SMARTS) is 1. The van der Waals surface area contributed by atoms with E-state index in [1.807, 2.05) is 0 Å². The van der Waals surface area contributed by atoms with Crippen LogP contribution in [0.5, 0.6) is 0 Å². The van der Waals surface area contributed by atoms with Gasteiger partial charge >= 0.3 is 5.97 Å². The second-order valence-corrected chi connectivity index (χ2v) is 3.05. The molecule has 0 aromatic carbocycles. The molecule has 2 heterocycles. The maximum atomic E-state index is 11.0. The standard InChI is InChI=1S/C7H7NO4/c9-5-1-4(7(11)12)8-3(5)2-6(8)10/h3-4H,1-2H2,(H,11,12)/t3-,4?/m0/s1. The highest BCUT2D eigenvalue weighted by atomic mass is 16.4. The minimum atomic E-state index is -1.08. The van der Waals surface area contributed by atoms with Crippen molar-refractivity contribution in [2.24, 2.45) is 0 Å². The fourth-order valence-corrected chi connectivity index (χ4v) is 1.72. The number of carbonyl (C=O) groups excluding carboxylic acids is 2. The van der Waals surface area contributed by atoms with Crippen molar-refractivity contribution in [2.45, 2.75) is 24.9 Å². The van der Waals surface area contributed by atoms with Gasteiger partial charge in [0.15, 0.2) is 5.78 Å². The summed E-state index contributed by atoms with van der Waals surface area (Å²) in [5.74, 6) is -1.43. The average molecular weight is 169 g/mol. The number of hydrogen-bond donors (Lipinski definition) is 1. The number of amides is 1. The average Bonchev–Trinajstić information content (AvgIpc) is 2.22. The number of aliphatic carboxylic acids is 1. The molecule has 5 heteroatoms. The Bertz CT molecular complexity index is 277. The Balaban J connectivity index is 2.24. The maximum Gasteiger partial charge on any atom is 0.326 e. The first-order valence-electron chi connectivity index (χ1n) is 3.68. The summed E-state index contributed by atoms with van der Waals surface area (Å²) in [5, 5.41) is 8.62. The SMILES string of the molecule is O=C(O)C1CC(=O)[C@@H]2CC(=O)N12. The molecule has 2 rings (SSSR count). The molecule has 0 saturated carbocycles. The van der Waals surface area contributed by atoms with Crippen LogP contribution in [0.2, 0.25) is 0 Å². The molecule has 2 aliphatic rings. The lowest BCUT2D eigenvalue weighted by Gasteiger charge is -2.35. The molecule has 0 aliphatic carbocycles. The van der Waals surface area contributed by atoms with E-state index in [0.717, 1.165) is 0 Å². The van der Waals surface area contributed by atoms with Crippen LogP contribution in [0, 0.1) is 0 Å². The first kappa shape index (κ1) is 7.27. The highest BCUT2D eigenvalue weighted by Gasteiger charge is 2.53. The van der Waals surface area contributed by atoms with Crippen LogP contribution in [0.1, 0.15) is 12.8 Å². The molecule has 1 N–H and O–H groups in total. The summed E-state index contributed by atoms with van der Waals surface area (Å²) in [6, 6.07) is -1.33. The highest BCUT2D eigenvalue weighted by molar-refractivity contribution is 6.05. The summed E-state index contributed by atoms with van der Waals surface area (Å²) < 4.78 is 0. The van der Waals surface area contributed by atoms with E-state index in [0.29, 0.717) is 0 Å². The van der Waals surface area contributed by atoms with Gasteiger partial charge in [-0.15, -0.1) is 0 Å². The molecule has 0 radical (unpaired) electrons. The summed E-state index contributed by atoms with van der Waals surface area (Å²) in [6.07, 6.45) is 0.175. The van der Waals surface area contributed by atoms with Crippen molar-refractivity contribution in [1.82, 2.24) is 4.90 Å². The van der Waals surface area contributed by atoms with E-state index < -0.39 is 18.1 Å². The van der Waals surface area contributed by atoms with E-state index in [2.05, 4.69) is 0 Å². The van der Waals surface area contributed by atoms with E-state index in [1.54, 1.807) is 0 Å². The third-order valence-corrected chi connectivity index (χ3v) is 2.38. The van der Waals surface area contributed by atoms with E-state index in [-0.39, 0.29) is 24.5 Å². The number of rotatable bonds is 1. The zero-order valence-electron chi connectivity index (χ0n) is 6.19. The van der Waals surface area contributed by atoms with Gasteiger partial charge < -0.3 is 10.0 Å². The minimum absolute atomic E-state index is 0.0221. The van der Waals surface area contributed by atoms with Gasteiger partial charge in [0.05, 0.1) is 6.42 Å². The zero-order chi connectivity index (χ0) is 8.88. The Labute approximate surface area is 68.0 Å². The maximum absolute atomic E-state index is 11.0. The number of nitrogens with zero attached hydrogens (tertiary/aromatic N) is 1. The molecule has 0 spiro atoms. The van der Waals surface area contributed by atoms with Crippen LogP contribution in [-0.4, -0.2) is 39.7 Å². The summed E-state index contributed by atoms with van der Waals surface area (Å²) in [7, 11) is 0. The van der Waals surface area contributed by atoms with Gasteiger partial charge in [0, 0.05) is 6.42 Å². The van der Waals surface area contributed by atoms with Gasteiger partial charge in [0.2, 0.25) is 5.91 Å². The molecular formula is C7H7NO4. The lowest BCUT2D eigenvalue weighted by molar-refractivity contribution is -0.157. The monoisotopic (exact) mass is 169 g/mol. The van der Waals surface area contributed by atoms with Crippen LogP contribution >= 0.6 is 0 Å². The fourth-order valence-electron chi connectivity index (χ4n) is 1.72. The smallest absolute Gasteiger partial charge is 0.326 e. The van der Waals surface area contributed by atoms with Crippen molar-refractivity contribution in [3.05, 3.63) is 0 Å². The molecule has 2 atom stereocenters. The van der Waals surface area contributed by atoms with Gasteiger partial charge in [-0.2, -0.15) is 0 Å². The number of hydrogen-bond acceptors (Lipinski definition) is 3. The van der Waals surface area contributed by atoms with Gasteiger partial charge in [-0.1, -0.05) is 0 Å². The highest BCUT2D eigenvalue weighted by Crippen LogP contribution is 2.32. The zero-order valence-corrected chi connectivity index (χ0v) is 6.19. The molecule has 0 aromatic heterocycles. The predicted octanol–water partition coefficient (Wildman–Crippen LogP) is -0.987. The van der Waals surface area contributed by atoms with Crippen molar-refractivity contribution in [3.8, 4) is 0 Å². The predicted molar refractivity (Wildman–Crippen MR) is 36.3 cm³/mol. The van der Waals surface area contributed by atoms with Crippen LogP contribution in [0.15, 0.2) is 0 Å². The van der Waals surface area contributed by atoms with Crippen molar-refractivity contribution in [3.63, 3.8) is 0 Å². The quantitative estimate of drug-likeness (QED) is 0.511. The normalized spacial score (nSPS) is 33.2. The number of fused-ring (bicyclic) bond motifs is 1. The van der Waals surface area contributed by atoms with Crippen LogP contribution in [0.4, 0.5) is 0 Å². The Kier molecular flexibility index (Phi) is 1.25. The molecule has 0 bridgehead atoms. The third kappa shape index (κ3) is 0.704. The molecular weight excluding hydrogens is 162 g/mol. The Morgan fingerprint density at radius 1 is 1.42 bits per heavy atom. The third-order valence-electron chi connectivity index (χ3n) is 2.38. The first-order valence-corrected chi connectivity index (χ1v) is 3.68. The molecule has 2 fully saturated rings. The van der Waals surface area contributed by atoms with Gasteiger partial charge in [0.25, 0.3) is 0 Å². The topological polar surface area (TPSA) is 74.7 Å². The summed E-state index contributed by atoms with van der Waals surface area (Å²) in [4.78, 5) is 33.6. The molecule has 1 amide bonds. The molecule has 12 heavy (non-hydrogen) atoms. The molecule has 0 aromatic rings. The van der Waals surface area contributed by atoms with Crippen LogP contribution in [0.25, 0.3) is 0 Å². The van der Waals surface area contributed by atoms with E-state index >= 15 is 0 Å². The van der Waals surface area contributed by atoms with Crippen molar-refractivity contribution in [2.75, 3.05) is 0 Å². The number of ketones is 1. The lowest BCUT2D eigenvalue weighted by atomic mass is 10.0. The van der Waals surface area contributed by atoms with Gasteiger partial charge in [0.1, 0.15) is 12.1 Å².